The van der Waals surface area contributed by atoms with Gasteiger partial charge in [0.15, 0.2) is 0 Å². The molecule has 0 saturated carbocycles. The Hall–Kier alpha value is -2.13. The van der Waals surface area contributed by atoms with Gasteiger partial charge in [-0.2, -0.15) is 0 Å². The van der Waals surface area contributed by atoms with Crippen molar-refractivity contribution in [2.24, 2.45) is 5.73 Å². The van der Waals surface area contributed by atoms with Gasteiger partial charge in [-0.3, -0.25) is 4.98 Å². The summed E-state index contributed by atoms with van der Waals surface area (Å²) in [5.74, 6) is 0.865. The van der Waals surface area contributed by atoms with Gasteiger partial charge in [0, 0.05) is 23.3 Å². The molecule has 2 aromatic heterocycles. The molecule has 2 heterocycles. The van der Waals surface area contributed by atoms with Crippen molar-refractivity contribution in [2.45, 2.75) is 0 Å². The highest BCUT2D eigenvalue weighted by Crippen LogP contribution is 2.26. The molecule has 0 amide bonds. The van der Waals surface area contributed by atoms with Crippen LogP contribution in [0.25, 0.3) is 22.3 Å². The number of nitrogens with zero attached hydrogens (tertiary/aromatic N) is 1. The van der Waals surface area contributed by atoms with Crippen molar-refractivity contribution in [3.8, 4) is 11.3 Å². The minimum atomic E-state index is 0.865. The number of hydrogen-bond acceptors (Lipinski definition) is 3. The third kappa shape index (κ3) is 2.34. The monoisotopic (exact) mass is 226 g/mol. The summed E-state index contributed by atoms with van der Waals surface area (Å²) in [5.41, 5.74) is 6.42. The molecule has 0 unspecified atom stereocenters. The molecule has 17 heavy (non-hydrogen) atoms. The molecule has 0 aliphatic heterocycles. The molecule has 3 aromatic rings. The van der Waals surface area contributed by atoms with Gasteiger partial charge in [0.1, 0.15) is 11.3 Å². The largest absolute Gasteiger partial charge is 0.456 e. The molecule has 0 bridgehead atoms. The third-order valence-electron chi connectivity index (χ3n) is 2.37. The molecule has 86 valence electrons. The number of aromatic nitrogens is 1. The van der Waals surface area contributed by atoms with Gasteiger partial charge in [0.05, 0.1) is 0 Å². The highest BCUT2D eigenvalue weighted by atomic mass is 16.3. The Morgan fingerprint density at radius 1 is 1.06 bits per heavy atom. The lowest BCUT2D eigenvalue weighted by Gasteiger charge is -1.92. The number of hydrogen-bond donors (Lipinski definition) is 1. The molecule has 0 spiro atoms. The van der Waals surface area contributed by atoms with Crippen LogP contribution >= 0.6 is 0 Å². The van der Waals surface area contributed by atoms with Crippen LogP contribution in [-0.4, -0.2) is 12.0 Å². The fourth-order valence-electron chi connectivity index (χ4n) is 1.63. The van der Waals surface area contributed by atoms with Gasteiger partial charge in [0.25, 0.3) is 0 Å². The van der Waals surface area contributed by atoms with Crippen LogP contribution in [0, 0.1) is 0 Å². The second kappa shape index (κ2) is 5.27. The molecule has 3 nitrogen and oxygen atoms in total. The molecule has 1 aromatic carbocycles. The van der Waals surface area contributed by atoms with E-state index in [4.69, 9.17) is 4.42 Å². The Balaban J connectivity index is 0.000000514. The summed E-state index contributed by atoms with van der Waals surface area (Å²) in [6.07, 6.45) is 3.56. The Bertz CT molecular complexity index is 554. The molecule has 0 saturated heterocycles. The molecule has 2 N–H and O–H groups in total. The van der Waals surface area contributed by atoms with Crippen LogP contribution in [0.15, 0.2) is 59.3 Å². The van der Waals surface area contributed by atoms with Crippen molar-refractivity contribution in [1.29, 1.82) is 0 Å². The van der Waals surface area contributed by atoms with Crippen LogP contribution in [0.1, 0.15) is 0 Å². The molecular formula is C14H14N2O. The Kier molecular flexibility index (Phi) is 3.52. The number of benzene rings is 1. The van der Waals surface area contributed by atoms with E-state index >= 15 is 0 Å². The Labute approximate surface area is 99.9 Å². The van der Waals surface area contributed by atoms with Gasteiger partial charge >= 0.3 is 0 Å². The summed E-state index contributed by atoms with van der Waals surface area (Å²) >= 11 is 0. The quantitative estimate of drug-likeness (QED) is 0.693. The first-order valence-corrected chi connectivity index (χ1v) is 5.40. The summed E-state index contributed by atoms with van der Waals surface area (Å²) in [5, 5.41) is 1.12. The fourth-order valence-corrected chi connectivity index (χ4v) is 1.63. The predicted molar refractivity (Wildman–Crippen MR) is 69.6 cm³/mol. The van der Waals surface area contributed by atoms with Crippen molar-refractivity contribution in [3.05, 3.63) is 54.9 Å². The van der Waals surface area contributed by atoms with Gasteiger partial charge in [-0.15, -0.1) is 0 Å². The van der Waals surface area contributed by atoms with Crippen LogP contribution in [0.5, 0.6) is 0 Å². The van der Waals surface area contributed by atoms with E-state index in [2.05, 4.69) is 10.7 Å². The lowest BCUT2D eigenvalue weighted by molar-refractivity contribution is 0.631. The first-order valence-electron chi connectivity index (χ1n) is 5.40. The SMILES string of the molecule is CN.c1cncc(-c2cc3ccccc3o2)c1. The van der Waals surface area contributed by atoms with Gasteiger partial charge in [0.2, 0.25) is 0 Å². The normalized spacial score (nSPS) is 9.76. The summed E-state index contributed by atoms with van der Waals surface area (Å²) in [6.45, 7) is 0. The molecule has 3 heteroatoms. The average molecular weight is 226 g/mol. The minimum absolute atomic E-state index is 0.865. The van der Waals surface area contributed by atoms with Crippen molar-refractivity contribution < 1.29 is 4.42 Å². The number of fused-ring (bicyclic) bond motifs is 1. The second-order valence-electron chi connectivity index (χ2n) is 3.39. The van der Waals surface area contributed by atoms with E-state index in [1.54, 1.807) is 12.4 Å². The summed E-state index contributed by atoms with van der Waals surface area (Å²) in [7, 11) is 1.50. The number of pyridine rings is 1. The smallest absolute Gasteiger partial charge is 0.136 e. The van der Waals surface area contributed by atoms with Crippen LogP contribution in [0.4, 0.5) is 0 Å². The van der Waals surface area contributed by atoms with E-state index in [1.807, 2.05) is 42.5 Å². The van der Waals surface area contributed by atoms with E-state index in [0.29, 0.717) is 0 Å². The lowest BCUT2D eigenvalue weighted by Crippen LogP contribution is -1.73. The molecule has 3 rings (SSSR count). The van der Waals surface area contributed by atoms with Crippen LogP contribution in [0.2, 0.25) is 0 Å². The fraction of sp³-hybridized carbons (Fsp3) is 0.0714. The standard InChI is InChI=1S/C13H9NO.CH5N/c1-2-6-12-10(4-1)8-13(15-12)11-5-3-7-14-9-11;1-2/h1-9H;2H2,1H3. The van der Waals surface area contributed by atoms with Crippen molar-refractivity contribution in [2.75, 3.05) is 7.05 Å². The zero-order valence-corrected chi connectivity index (χ0v) is 9.63. The average Bonchev–Trinajstić information content (AvgIpc) is 2.86. The van der Waals surface area contributed by atoms with Gasteiger partial charge in [-0.05, 0) is 31.3 Å². The number of rotatable bonds is 1. The summed E-state index contributed by atoms with van der Waals surface area (Å²) < 4.78 is 5.71. The first-order chi connectivity index (χ1) is 8.43. The third-order valence-corrected chi connectivity index (χ3v) is 2.37. The zero-order valence-electron chi connectivity index (χ0n) is 9.63. The van der Waals surface area contributed by atoms with E-state index in [0.717, 1.165) is 22.3 Å². The number of furan rings is 1. The van der Waals surface area contributed by atoms with Gasteiger partial charge in [-0.25, -0.2) is 0 Å². The Morgan fingerprint density at radius 2 is 1.88 bits per heavy atom. The van der Waals surface area contributed by atoms with Gasteiger partial charge in [-0.1, -0.05) is 18.2 Å². The predicted octanol–water partition coefficient (Wildman–Crippen LogP) is 3.07. The van der Waals surface area contributed by atoms with Crippen LogP contribution in [0.3, 0.4) is 0 Å². The van der Waals surface area contributed by atoms with Crippen molar-refractivity contribution in [3.63, 3.8) is 0 Å². The summed E-state index contributed by atoms with van der Waals surface area (Å²) in [4.78, 5) is 4.07. The summed E-state index contributed by atoms with van der Waals surface area (Å²) in [6, 6.07) is 13.9. The lowest BCUT2D eigenvalue weighted by atomic mass is 10.2. The Morgan fingerprint density at radius 3 is 2.59 bits per heavy atom. The maximum absolute atomic E-state index is 5.71. The first kappa shape index (κ1) is 11.4. The maximum atomic E-state index is 5.71. The van der Waals surface area contributed by atoms with Crippen LogP contribution in [-0.2, 0) is 0 Å². The topological polar surface area (TPSA) is 52.0 Å². The minimum Gasteiger partial charge on any atom is -0.456 e. The van der Waals surface area contributed by atoms with Gasteiger partial charge < -0.3 is 10.2 Å². The second-order valence-corrected chi connectivity index (χ2v) is 3.39. The number of para-hydroxylation sites is 1. The molecule has 0 aliphatic carbocycles. The highest BCUT2D eigenvalue weighted by Gasteiger charge is 2.04. The molecule has 0 radical (unpaired) electrons. The van der Waals surface area contributed by atoms with E-state index in [9.17, 15) is 0 Å². The number of nitrogens with two attached hydrogens (primary N) is 1. The van der Waals surface area contributed by atoms with E-state index in [1.165, 1.54) is 7.05 Å². The van der Waals surface area contributed by atoms with E-state index < -0.39 is 0 Å². The molecule has 0 atom stereocenters. The zero-order chi connectivity index (χ0) is 12.1. The molecule has 0 aliphatic rings. The molecular weight excluding hydrogens is 212 g/mol. The van der Waals surface area contributed by atoms with Crippen LogP contribution < -0.4 is 5.73 Å². The maximum Gasteiger partial charge on any atom is 0.136 e. The van der Waals surface area contributed by atoms with Crippen molar-refractivity contribution in [1.82, 2.24) is 4.98 Å². The van der Waals surface area contributed by atoms with Crippen molar-refractivity contribution >= 4 is 11.0 Å². The molecule has 0 fully saturated rings. The van der Waals surface area contributed by atoms with E-state index in [-0.39, 0.29) is 0 Å². The highest BCUT2D eigenvalue weighted by molar-refractivity contribution is 5.82.